The highest BCUT2D eigenvalue weighted by atomic mass is 35.5. The molecule has 0 aliphatic rings. The highest BCUT2D eigenvalue weighted by Crippen LogP contribution is 2.15. The molecule has 4 nitrogen and oxygen atoms in total. The van der Waals surface area contributed by atoms with Crippen LogP contribution in [0.4, 0.5) is 4.79 Å². The van der Waals surface area contributed by atoms with Gasteiger partial charge in [0.2, 0.25) is 5.24 Å². The van der Waals surface area contributed by atoms with Crippen molar-refractivity contribution in [1.29, 1.82) is 0 Å². The van der Waals surface area contributed by atoms with Crippen molar-refractivity contribution in [3.63, 3.8) is 0 Å². The molecule has 0 atom stereocenters. The fourth-order valence-electron chi connectivity index (χ4n) is 1.69. The highest BCUT2D eigenvalue weighted by Gasteiger charge is 2.20. The Morgan fingerprint density at radius 2 is 1.75 bits per heavy atom. The Labute approximate surface area is 124 Å². The molecule has 20 heavy (non-hydrogen) atoms. The van der Waals surface area contributed by atoms with Crippen molar-refractivity contribution < 1.29 is 14.3 Å². The number of benzene rings is 1. The fourth-order valence-corrected chi connectivity index (χ4v) is 1.84. The average molecular weight is 298 g/mol. The third-order valence-electron chi connectivity index (χ3n) is 2.56. The molecule has 0 aliphatic heterocycles. The lowest BCUT2D eigenvalue weighted by Gasteiger charge is -2.25. The van der Waals surface area contributed by atoms with Crippen LogP contribution in [0, 0.1) is 0 Å². The molecule has 1 aromatic rings. The maximum absolute atomic E-state index is 11.9. The Balaban J connectivity index is 2.77. The minimum absolute atomic E-state index is 0.153. The van der Waals surface area contributed by atoms with Gasteiger partial charge in [-0.05, 0) is 43.5 Å². The van der Waals surface area contributed by atoms with Crippen LogP contribution in [0.1, 0.15) is 31.9 Å². The standard InChI is InChI=1S/C15H20ClNO3/c1-15(2,3)20-14(19)17(4)10-12-8-6-5-7-11(12)9-13(16)18/h5-8H,9-10H2,1-4H3. The minimum Gasteiger partial charge on any atom is -0.444 e. The maximum atomic E-state index is 11.9. The molecule has 0 heterocycles. The first-order valence-corrected chi connectivity index (χ1v) is 6.76. The molecule has 0 saturated carbocycles. The van der Waals surface area contributed by atoms with Gasteiger partial charge in [-0.2, -0.15) is 0 Å². The van der Waals surface area contributed by atoms with E-state index in [0.29, 0.717) is 6.54 Å². The van der Waals surface area contributed by atoms with Crippen LogP contribution in [-0.2, 0) is 22.5 Å². The predicted molar refractivity (Wildman–Crippen MR) is 78.7 cm³/mol. The molecule has 0 aromatic heterocycles. The fraction of sp³-hybridized carbons (Fsp3) is 0.467. The van der Waals surface area contributed by atoms with Gasteiger partial charge in [0, 0.05) is 20.0 Å². The van der Waals surface area contributed by atoms with Crippen molar-refractivity contribution in [3.8, 4) is 0 Å². The number of nitrogens with zero attached hydrogens (tertiary/aromatic N) is 1. The smallest absolute Gasteiger partial charge is 0.410 e. The van der Waals surface area contributed by atoms with Gasteiger partial charge in [0.15, 0.2) is 0 Å². The summed E-state index contributed by atoms with van der Waals surface area (Å²) in [6.07, 6.45) is -0.246. The normalized spacial score (nSPS) is 11.1. The van der Waals surface area contributed by atoms with E-state index in [1.54, 1.807) is 7.05 Å². The highest BCUT2D eigenvalue weighted by molar-refractivity contribution is 6.63. The summed E-state index contributed by atoms with van der Waals surface area (Å²) in [6, 6.07) is 7.40. The van der Waals surface area contributed by atoms with E-state index in [9.17, 15) is 9.59 Å². The van der Waals surface area contributed by atoms with Gasteiger partial charge in [-0.1, -0.05) is 24.3 Å². The first-order valence-electron chi connectivity index (χ1n) is 6.38. The van der Waals surface area contributed by atoms with Crippen LogP contribution in [0.3, 0.4) is 0 Å². The molecule has 110 valence electrons. The molecule has 1 amide bonds. The summed E-state index contributed by atoms with van der Waals surface area (Å²) in [5, 5.41) is -0.419. The maximum Gasteiger partial charge on any atom is 0.410 e. The van der Waals surface area contributed by atoms with Crippen LogP contribution >= 0.6 is 11.6 Å². The molecular formula is C15H20ClNO3. The van der Waals surface area contributed by atoms with Gasteiger partial charge < -0.3 is 9.64 Å². The van der Waals surface area contributed by atoms with E-state index in [-0.39, 0.29) is 6.42 Å². The second-order valence-corrected chi connectivity index (χ2v) is 6.06. The summed E-state index contributed by atoms with van der Waals surface area (Å²) in [4.78, 5) is 24.4. The third kappa shape index (κ3) is 5.61. The summed E-state index contributed by atoms with van der Waals surface area (Å²) < 4.78 is 5.29. The van der Waals surface area contributed by atoms with E-state index in [2.05, 4.69) is 0 Å². The second kappa shape index (κ2) is 6.75. The molecule has 5 heteroatoms. The van der Waals surface area contributed by atoms with Crippen LogP contribution in [0.5, 0.6) is 0 Å². The number of hydrogen-bond acceptors (Lipinski definition) is 3. The van der Waals surface area contributed by atoms with Crippen LogP contribution in [0.25, 0.3) is 0 Å². The van der Waals surface area contributed by atoms with Crippen molar-refractivity contribution in [2.75, 3.05) is 7.05 Å². The van der Waals surface area contributed by atoms with Crippen molar-refractivity contribution in [3.05, 3.63) is 35.4 Å². The quantitative estimate of drug-likeness (QED) is 0.801. The summed E-state index contributed by atoms with van der Waals surface area (Å²) >= 11 is 5.43. The van der Waals surface area contributed by atoms with E-state index in [1.807, 2.05) is 45.0 Å². The van der Waals surface area contributed by atoms with Crippen LogP contribution < -0.4 is 0 Å². The summed E-state index contributed by atoms with van der Waals surface area (Å²) in [5.41, 5.74) is 1.18. The van der Waals surface area contributed by atoms with E-state index in [0.717, 1.165) is 11.1 Å². The molecule has 0 spiro atoms. The largest absolute Gasteiger partial charge is 0.444 e. The van der Waals surface area contributed by atoms with Crippen molar-refractivity contribution in [2.45, 2.75) is 39.3 Å². The second-order valence-electron chi connectivity index (χ2n) is 5.64. The Morgan fingerprint density at radius 3 is 2.25 bits per heavy atom. The SMILES string of the molecule is CN(Cc1ccccc1CC(=O)Cl)C(=O)OC(C)(C)C. The van der Waals surface area contributed by atoms with Gasteiger partial charge in [-0.25, -0.2) is 4.79 Å². The zero-order valence-electron chi connectivity index (χ0n) is 12.3. The Kier molecular flexibility index (Phi) is 5.57. The summed E-state index contributed by atoms with van der Waals surface area (Å²) in [6.45, 7) is 5.83. The van der Waals surface area contributed by atoms with E-state index in [1.165, 1.54) is 4.90 Å². The van der Waals surface area contributed by atoms with Gasteiger partial charge in [0.1, 0.15) is 5.60 Å². The molecule has 1 rings (SSSR count). The molecule has 0 aliphatic carbocycles. The van der Waals surface area contributed by atoms with Crippen molar-refractivity contribution in [2.24, 2.45) is 0 Å². The van der Waals surface area contributed by atoms with E-state index in [4.69, 9.17) is 16.3 Å². The first kappa shape index (κ1) is 16.5. The Bertz CT molecular complexity index is 494. The molecule has 0 fully saturated rings. The first-order chi connectivity index (χ1) is 9.19. The van der Waals surface area contributed by atoms with E-state index >= 15 is 0 Å². The number of rotatable bonds is 4. The van der Waals surface area contributed by atoms with E-state index < -0.39 is 16.9 Å². The van der Waals surface area contributed by atoms with Crippen molar-refractivity contribution >= 4 is 22.9 Å². The molecule has 0 bridgehead atoms. The number of hydrogen-bond donors (Lipinski definition) is 0. The number of carbonyl (C=O) groups excluding carboxylic acids is 2. The van der Waals surface area contributed by atoms with Crippen LogP contribution in [0.15, 0.2) is 24.3 Å². The number of carbonyl (C=O) groups is 2. The monoisotopic (exact) mass is 297 g/mol. The van der Waals surface area contributed by atoms with Crippen LogP contribution in [0.2, 0.25) is 0 Å². The molecule has 0 radical (unpaired) electrons. The third-order valence-corrected chi connectivity index (χ3v) is 2.69. The minimum atomic E-state index is -0.531. The zero-order chi connectivity index (χ0) is 15.3. The number of amides is 1. The Morgan fingerprint density at radius 1 is 1.20 bits per heavy atom. The molecule has 1 aromatic carbocycles. The lowest BCUT2D eigenvalue weighted by atomic mass is 10.0. The van der Waals surface area contributed by atoms with Gasteiger partial charge in [-0.15, -0.1) is 0 Å². The lowest BCUT2D eigenvalue weighted by molar-refractivity contribution is -0.111. The van der Waals surface area contributed by atoms with Gasteiger partial charge in [0.05, 0.1) is 0 Å². The molecular weight excluding hydrogens is 278 g/mol. The number of ether oxygens (including phenoxy) is 1. The van der Waals surface area contributed by atoms with Crippen LogP contribution in [-0.4, -0.2) is 28.9 Å². The number of halogens is 1. The lowest BCUT2D eigenvalue weighted by Crippen LogP contribution is -2.34. The average Bonchev–Trinajstić information content (AvgIpc) is 2.28. The summed E-state index contributed by atoms with van der Waals surface area (Å²) in [5.74, 6) is 0. The topological polar surface area (TPSA) is 46.6 Å². The Hall–Kier alpha value is -1.55. The molecule has 0 N–H and O–H groups in total. The van der Waals surface area contributed by atoms with Crippen molar-refractivity contribution in [1.82, 2.24) is 4.90 Å². The molecule has 0 unspecified atom stereocenters. The van der Waals surface area contributed by atoms with Gasteiger partial charge in [-0.3, -0.25) is 4.79 Å². The zero-order valence-corrected chi connectivity index (χ0v) is 13.0. The van der Waals surface area contributed by atoms with Gasteiger partial charge >= 0.3 is 6.09 Å². The summed E-state index contributed by atoms with van der Waals surface area (Å²) in [7, 11) is 1.66. The molecule has 0 saturated heterocycles. The predicted octanol–water partition coefficient (Wildman–Crippen LogP) is 3.36. The van der Waals surface area contributed by atoms with Gasteiger partial charge in [0.25, 0.3) is 0 Å².